The second-order valence-corrected chi connectivity index (χ2v) is 19.0. The van der Waals surface area contributed by atoms with Crippen LogP contribution in [0.1, 0.15) is 297 Å². The average molecular weight is 874 g/mol. The summed E-state index contributed by atoms with van der Waals surface area (Å²) in [7, 11) is 0. The van der Waals surface area contributed by atoms with E-state index >= 15 is 0 Å². The zero-order valence-corrected chi connectivity index (χ0v) is 41.8. The lowest BCUT2D eigenvalue weighted by atomic mass is 10.0. The molecule has 0 bridgehead atoms. The van der Waals surface area contributed by atoms with Crippen LogP contribution in [0.3, 0.4) is 0 Å². The van der Waals surface area contributed by atoms with Gasteiger partial charge in [-0.1, -0.05) is 231 Å². The van der Waals surface area contributed by atoms with Crippen molar-refractivity contribution in [2.75, 3.05) is 6.61 Å². The van der Waals surface area contributed by atoms with Crippen molar-refractivity contribution in [1.29, 1.82) is 0 Å². The van der Waals surface area contributed by atoms with Gasteiger partial charge in [0.1, 0.15) is 6.10 Å². The Morgan fingerprint density at radius 1 is 0.452 bits per heavy atom. The summed E-state index contributed by atoms with van der Waals surface area (Å²) in [6.07, 6.45) is 58.1. The van der Waals surface area contributed by atoms with Gasteiger partial charge in [0, 0.05) is 6.42 Å². The number of amides is 1. The molecular weight excluding hydrogens is 767 g/mol. The molecule has 0 aliphatic rings. The summed E-state index contributed by atoms with van der Waals surface area (Å²) in [5, 5.41) is 23.8. The lowest BCUT2D eigenvalue weighted by molar-refractivity contribution is -0.151. The Morgan fingerprint density at radius 3 is 1.16 bits per heavy atom. The highest BCUT2D eigenvalue weighted by Gasteiger charge is 2.24. The molecule has 3 N–H and O–H groups in total. The summed E-state index contributed by atoms with van der Waals surface area (Å²) in [6.45, 7) is 6.50. The van der Waals surface area contributed by atoms with E-state index in [1.165, 1.54) is 186 Å². The molecule has 1 amide bonds. The van der Waals surface area contributed by atoms with Crippen LogP contribution in [0.4, 0.5) is 0 Å². The van der Waals surface area contributed by atoms with Gasteiger partial charge in [-0.2, -0.15) is 0 Å². The van der Waals surface area contributed by atoms with Gasteiger partial charge in [0.2, 0.25) is 5.91 Å². The molecule has 0 aromatic carbocycles. The average Bonchev–Trinajstić information content (AvgIpc) is 3.26. The fraction of sp³-hybridized carbons (Fsp3) is 0.893. The fourth-order valence-corrected chi connectivity index (χ4v) is 8.54. The van der Waals surface area contributed by atoms with E-state index in [4.69, 9.17) is 4.74 Å². The molecule has 0 spiro atoms. The van der Waals surface area contributed by atoms with Crippen molar-refractivity contribution in [3.05, 3.63) is 24.3 Å². The van der Waals surface area contributed by atoms with E-state index < -0.39 is 18.2 Å². The summed E-state index contributed by atoms with van der Waals surface area (Å²) in [5.41, 5.74) is 0. The first-order valence-electron chi connectivity index (χ1n) is 27.6. The zero-order valence-electron chi connectivity index (χ0n) is 41.8. The number of carbonyl (C=O) groups is 2. The summed E-state index contributed by atoms with van der Waals surface area (Å²) >= 11 is 0. The number of hydrogen-bond donors (Lipinski definition) is 3. The minimum Gasteiger partial charge on any atom is -0.462 e. The maximum Gasteiger partial charge on any atom is 0.306 e. The fourth-order valence-electron chi connectivity index (χ4n) is 8.54. The second kappa shape index (κ2) is 50.3. The predicted octanol–water partition coefficient (Wildman–Crippen LogP) is 16.7. The number of rotatable bonds is 50. The van der Waals surface area contributed by atoms with Crippen molar-refractivity contribution in [1.82, 2.24) is 5.32 Å². The molecule has 0 aromatic heterocycles. The molecule has 0 aliphatic carbocycles. The lowest BCUT2D eigenvalue weighted by Crippen LogP contribution is -2.46. The highest BCUT2D eigenvalue weighted by Crippen LogP contribution is 2.18. The number of aliphatic hydroxyl groups is 2. The van der Waals surface area contributed by atoms with Gasteiger partial charge in [0.25, 0.3) is 0 Å². The summed E-state index contributed by atoms with van der Waals surface area (Å²) in [6, 6.07) is -0.706. The van der Waals surface area contributed by atoms with Gasteiger partial charge in [-0.3, -0.25) is 9.59 Å². The molecule has 0 aromatic rings. The first kappa shape index (κ1) is 60.3. The quantitative estimate of drug-likeness (QED) is 0.0321. The van der Waals surface area contributed by atoms with Crippen molar-refractivity contribution < 1.29 is 24.5 Å². The molecule has 0 saturated heterocycles. The van der Waals surface area contributed by atoms with Crippen LogP contribution >= 0.6 is 0 Å². The molecule has 6 nitrogen and oxygen atoms in total. The largest absolute Gasteiger partial charge is 0.462 e. The highest BCUT2D eigenvalue weighted by atomic mass is 16.5. The van der Waals surface area contributed by atoms with Crippen molar-refractivity contribution in [3.63, 3.8) is 0 Å². The van der Waals surface area contributed by atoms with Crippen molar-refractivity contribution >= 4 is 11.9 Å². The van der Waals surface area contributed by atoms with Crippen LogP contribution in [0.15, 0.2) is 24.3 Å². The van der Waals surface area contributed by atoms with E-state index in [0.717, 1.165) is 64.2 Å². The van der Waals surface area contributed by atoms with E-state index in [-0.39, 0.29) is 24.9 Å². The Labute approximate surface area is 386 Å². The summed E-state index contributed by atoms with van der Waals surface area (Å²) in [5.74, 6) is -0.494. The summed E-state index contributed by atoms with van der Waals surface area (Å²) in [4.78, 5) is 26.2. The van der Waals surface area contributed by atoms with Crippen LogP contribution in [-0.4, -0.2) is 46.9 Å². The van der Waals surface area contributed by atoms with Crippen LogP contribution in [0, 0.1) is 0 Å². The third-order valence-electron chi connectivity index (χ3n) is 12.8. The molecule has 0 heterocycles. The highest BCUT2D eigenvalue weighted by molar-refractivity contribution is 5.77. The maximum absolute atomic E-state index is 13.2. The van der Waals surface area contributed by atoms with E-state index in [2.05, 4.69) is 50.4 Å². The Bertz CT molecular complexity index is 981. The zero-order chi connectivity index (χ0) is 45.2. The monoisotopic (exact) mass is 874 g/mol. The van der Waals surface area contributed by atoms with Crippen LogP contribution in [0.5, 0.6) is 0 Å². The van der Waals surface area contributed by atoms with Gasteiger partial charge in [0.05, 0.1) is 25.2 Å². The van der Waals surface area contributed by atoms with Crippen LogP contribution in [0.2, 0.25) is 0 Å². The smallest absolute Gasteiger partial charge is 0.306 e. The van der Waals surface area contributed by atoms with E-state index in [9.17, 15) is 19.8 Å². The first-order chi connectivity index (χ1) is 30.5. The SMILES string of the molecule is CCCCCCCC/C=C\CCCCCC(=O)OC(CCCCC/C=C/CCCCCCCCCCC)CC(=O)NC(CO)C(O)CCCCCCCCCCCCCCCC. The minimum absolute atomic E-state index is 0.0653. The number of esters is 1. The van der Waals surface area contributed by atoms with E-state index in [0.29, 0.717) is 19.3 Å². The Balaban J connectivity index is 4.58. The van der Waals surface area contributed by atoms with Gasteiger partial charge in [-0.05, 0) is 77.0 Å². The maximum atomic E-state index is 13.2. The normalized spacial score (nSPS) is 13.3. The molecule has 0 aliphatic heterocycles. The molecule has 0 fully saturated rings. The number of aliphatic hydroxyl groups excluding tert-OH is 2. The van der Waals surface area contributed by atoms with Crippen molar-refractivity contribution in [3.8, 4) is 0 Å². The standard InChI is InChI=1S/C56H107NO5/c1-4-7-10-13-16-19-22-25-27-28-30-32-35-38-41-44-47-52(62-56(61)49-46-43-40-37-34-29-24-21-18-15-12-9-6-3)50-55(60)57-53(51-58)54(59)48-45-42-39-36-33-31-26-23-20-17-14-11-8-5-2/h29-30,32,34,52-54,58-59H,4-28,31,33,35-51H2,1-3H3,(H,57,60)/b32-30+,34-29-. The second-order valence-electron chi connectivity index (χ2n) is 19.0. The summed E-state index contributed by atoms with van der Waals surface area (Å²) < 4.78 is 5.93. The first-order valence-corrected chi connectivity index (χ1v) is 27.6. The third kappa shape index (κ3) is 44.9. The van der Waals surface area contributed by atoms with Gasteiger partial charge in [0.15, 0.2) is 0 Å². The van der Waals surface area contributed by atoms with Crippen molar-refractivity contribution in [2.45, 2.75) is 315 Å². The molecular formula is C56H107NO5. The Hall–Kier alpha value is -1.66. The lowest BCUT2D eigenvalue weighted by Gasteiger charge is -2.24. The van der Waals surface area contributed by atoms with E-state index in [1.807, 2.05) is 0 Å². The number of carbonyl (C=O) groups excluding carboxylic acids is 2. The number of nitrogens with one attached hydrogen (secondary N) is 1. The predicted molar refractivity (Wildman–Crippen MR) is 269 cm³/mol. The number of allylic oxidation sites excluding steroid dienone is 4. The number of ether oxygens (including phenoxy) is 1. The topological polar surface area (TPSA) is 95.9 Å². The van der Waals surface area contributed by atoms with Crippen molar-refractivity contribution in [2.24, 2.45) is 0 Å². The molecule has 62 heavy (non-hydrogen) atoms. The molecule has 3 atom stereocenters. The molecule has 0 saturated carbocycles. The Morgan fingerprint density at radius 2 is 0.774 bits per heavy atom. The van der Waals surface area contributed by atoms with Gasteiger partial charge in [-0.25, -0.2) is 0 Å². The molecule has 6 heteroatoms. The van der Waals surface area contributed by atoms with Gasteiger partial charge < -0.3 is 20.3 Å². The van der Waals surface area contributed by atoms with Crippen LogP contribution in [-0.2, 0) is 14.3 Å². The van der Waals surface area contributed by atoms with E-state index in [1.54, 1.807) is 0 Å². The Kier molecular flexibility index (Phi) is 49.0. The van der Waals surface area contributed by atoms with Gasteiger partial charge >= 0.3 is 5.97 Å². The van der Waals surface area contributed by atoms with Crippen LogP contribution < -0.4 is 5.32 Å². The molecule has 0 rings (SSSR count). The molecule has 366 valence electrons. The number of hydrogen-bond acceptors (Lipinski definition) is 5. The third-order valence-corrected chi connectivity index (χ3v) is 12.8. The molecule has 3 unspecified atom stereocenters. The van der Waals surface area contributed by atoms with Crippen LogP contribution in [0.25, 0.3) is 0 Å². The molecule has 0 radical (unpaired) electrons. The minimum atomic E-state index is -0.791. The van der Waals surface area contributed by atoms with Gasteiger partial charge in [-0.15, -0.1) is 0 Å². The number of unbranched alkanes of at least 4 members (excludes halogenated alkanes) is 34.